The molecule has 0 bridgehead atoms. The number of hydrogen-bond donors (Lipinski definition) is 1. The highest BCUT2D eigenvalue weighted by Gasteiger charge is 2.26. The molecule has 25 heavy (non-hydrogen) atoms. The predicted octanol–water partition coefficient (Wildman–Crippen LogP) is 3.42. The number of thiophene rings is 1. The molecule has 0 saturated heterocycles. The molecule has 5 nitrogen and oxygen atoms in total. The Labute approximate surface area is 152 Å². The average molecular weight is 359 g/mol. The molecular weight excluding hydrogens is 332 g/mol. The van der Waals surface area contributed by atoms with E-state index in [1.807, 2.05) is 11.3 Å². The molecule has 0 amide bonds. The van der Waals surface area contributed by atoms with Gasteiger partial charge < -0.3 is 15.0 Å². The largest absolute Gasteiger partial charge is 0.367 e. The first-order valence-corrected chi connectivity index (χ1v) is 10.2. The first-order valence-electron chi connectivity index (χ1n) is 9.42. The topological polar surface area (TPSA) is 58.1 Å². The van der Waals surface area contributed by atoms with Crippen LogP contribution in [0.15, 0.2) is 6.33 Å². The third-order valence-corrected chi connectivity index (χ3v) is 6.96. The van der Waals surface area contributed by atoms with E-state index < -0.39 is 0 Å². The summed E-state index contributed by atoms with van der Waals surface area (Å²) in [6.07, 6.45) is 11.7. The Balaban J connectivity index is 1.42. The Bertz CT molecular complexity index is 751. The lowest BCUT2D eigenvalue weighted by Gasteiger charge is -2.35. The second-order valence-electron chi connectivity index (χ2n) is 7.35. The van der Waals surface area contributed by atoms with Crippen LogP contribution in [0.25, 0.3) is 10.2 Å². The fraction of sp³-hybridized carbons (Fsp3) is 0.632. The number of nitrogens with zero attached hydrogens (tertiary/aromatic N) is 3. The number of fused-ring (bicyclic) bond motifs is 3. The van der Waals surface area contributed by atoms with Crippen LogP contribution < -0.4 is 5.32 Å². The lowest BCUT2D eigenvalue weighted by Crippen LogP contribution is -2.39. The second kappa shape index (κ2) is 7.38. The zero-order chi connectivity index (χ0) is 17.2. The first-order chi connectivity index (χ1) is 12.3. The van der Waals surface area contributed by atoms with Gasteiger partial charge in [-0.15, -0.1) is 11.3 Å². The Kier molecular flexibility index (Phi) is 4.99. The van der Waals surface area contributed by atoms with Crippen molar-refractivity contribution in [3.63, 3.8) is 0 Å². The molecule has 2 aromatic heterocycles. The number of aromatic nitrogens is 2. The zero-order valence-electron chi connectivity index (χ0n) is 14.8. The Morgan fingerprint density at radius 3 is 2.92 bits per heavy atom. The minimum Gasteiger partial charge on any atom is -0.367 e. The van der Waals surface area contributed by atoms with E-state index in [2.05, 4.69) is 27.2 Å². The van der Waals surface area contributed by atoms with Crippen LogP contribution in [0.1, 0.15) is 49.0 Å². The minimum atomic E-state index is 0.491. The smallest absolute Gasteiger partial charge is 0.138 e. The number of carbonyl (C=O) groups excluding carboxylic acids is 1. The molecule has 0 aliphatic heterocycles. The third kappa shape index (κ3) is 3.42. The highest BCUT2D eigenvalue weighted by atomic mass is 32.1. The molecule has 1 saturated carbocycles. The minimum absolute atomic E-state index is 0.491. The van der Waals surface area contributed by atoms with Gasteiger partial charge in [0, 0.05) is 29.9 Å². The Morgan fingerprint density at radius 1 is 1.28 bits per heavy atom. The summed E-state index contributed by atoms with van der Waals surface area (Å²) in [5.74, 6) is 1.04. The van der Waals surface area contributed by atoms with Crippen molar-refractivity contribution in [3.05, 3.63) is 16.8 Å². The van der Waals surface area contributed by atoms with Crippen LogP contribution in [0.4, 0.5) is 5.82 Å². The van der Waals surface area contributed by atoms with E-state index in [1.165, 1.54) is 47.9 Å². The molecule has 0 unspecified atom stereocenters. The van der Waals surface area contributed by atoms with E-state index in [0.29, 0.717) is 18.5 Å². The lowest BCUT2D eigenvalue weighted by molar-refractivity contribution is -0.108. The molecule has 2 aliphatic rings. The van der Waals surface area contributed by atoms with E-state index in [9.17, 15) is 4.79 Å². The summed E-state index contributed by atoms with van der Waals surface area (Å²) in [5, 5.41) is 5.01. The maximum absolute atomic E-state index is 10.6. The molecule has 0 spiro atoms. The summed E-state index contributed by atoms with van der Waals surface area (Å²) in [4.78, 5) is 24.6. The van der Waals surface area contributed by atoms with E-state index in [4.69, 9.17) is 0 Å². The van der Waals surface area contributed by atoms with E-state index in [1.54, 1.807) is 6.33 Å². The van der Waals surface area contributed by atoms with Crippen molar-refractivity contribution >= 4 is 33.7 Å². The summed E-state index contributed by atoms with van der Waals surface area (Å²) in [5.41, 5.74) is 1.49. The monoisotopic (exact) mass is 358 g/mol. The molecule has 6 heteroatoms. The van der Waals surface area contributed by atoms with Gasteiger partial charge in [0.15, 0.2) is 0 Å². The van der Waals surface area contributed by atoms with Crippen LogP contribution in [0.3, 0.4) is 0 Å². The van der Waals surface area contributed by atoms with E-state index in [-0.39, 0.29) is 0 Å². The van der Waals surface area contributed by atoms with Gasteiger partial charge in [0.05, 0.1) is 5.39 Å². The Hall–Kier alpha value is -1.53. The molecule has 2 heterocycles. The van der Waals surface area contributed by atoms with Crippen LogP contribution in [0.2, 0.25) is 0 Å². The summed E-state index contributed by atoms with van der Waals surface area (Å²) < 4.78 is 0. The molecule has 4 rings (SSSR count). The van der Waals surface area contributed by atoms with Gasteiger partial charge >= 0.3 is 0 Å². The van der Waals surface area contributed by atoms with Gasteiger partial charge in [-0.2, -0.15) is 0 Å². The number of nitrogens with one attached hydrogen (secondary N) is 1. The fourth-order valence-electron chi connectivity index (χ4n) is 4.33. The Morgan fingerprint density at radius 2 is 2.12 bits per heavy atom. The molecule has 2 aromatic rings. The van der Waals surface area contributed by atoms with Crippen LogP contribution in [0.5, 0.6) is 0 Å². The second-order valence-corrected chi connectivity index (χ2v) is 8.43. The molecular formula is C19H26N4OS. The third-order valence-electron chi connectivity index (χ3n) is 5.76. The standard InChI is InChI=1S/C19H26N4OS/c1-23(10-3-11-24)14-8-6-13(7-9-14)22-18-17-15-4-2-5-16(15)25-19(17)21-12-20-18/h11-14H,2-10H2,1H3,(H,20,21,22). The molecule has 0 aromatic carbocycles. The quantitative estimate of drug-likeness (QED) is 0.802. The van der Waals surface area contributed by atoms with Gasteiger partial charge in [-0.3, -0.25) is 0 Å². The van der Waals surface area contributed by atoms with Crippen LogP contribution >= 0.6 is 11.3 Å². The number of rotatable bonds is 6. The maximum atomic E-state index is 10.6. The lowest BCUT2D eigenvalue weighted by atomic mass is 9.90. The highest BCUT2D eigenvalue weighted by Crippen LogP contribution is 2.39. The maximum Gasteiger partial charge on any atom is 0.138 e. The molecule has 0 radical (unpaired) electrons. The molecule has 2 aliphatic carbocycles. The molecule has 1 fully saturated rings. The van der Waals surface area contributed by atoms with Crippen molar-refractivity contribution in [2.24, 2.45) is 0 Å². The van der Waals surface area contributed by atoms with Crippen LogP contribution in [-0.4, -0.2) is 46.8 Å². The van der Waals surface area contributed by atoms with Crippen molar-refractivity contribution < 1.29 is 4.79 Å². The summed E-state index contributed by atoms with van der Waals surface area (Å²) in [6.45, 7) is 0.875. The van der Waals surface area contributed by atoms with Crippen molar-refractivity contribution in [2.45, 2.75) is 63.5 Å². The van der Waals surface area contributed by atoms with Gasteiger partial charge in [0.25, 0.3) is 0 Å². The van der Waals surface area contributed by atoms with Gasteiger partial charge in [-0.05, 0) is 57.6 Å². The summed E-state index contributed by atoms with van der Waals surface area (Å²) in [7, 11) is 2.14. The number of carbonyl (C=O) groups is 1. The van der Waals surface area contributed by atoms with E-state index >= 15 is 0 Å². The van der Waals surface area contributed by atoms with Crippen LogP contribution in [-0.2, 0) is 17.6 Å². The highest BCUT2D eigenvalue weighted by molar-refractivity contribution is 7.19. The SMILES string of the molecule is CN(CCC=O)C1CCC(Nc2ncnc3sc4c(c23)CCC4)CC1. The number of aldehydes is 1. The summed E-state index contributed by atoms with van der Waals surface area (Å²) in [6, 6.07) is 1.10. The average Bonchev–Trinajstić information content (AvgIpc) is 3.21. The number of hydrogen-bond acceptors (Lipinski definition) is 6. The zero-order valence-corrected chi connectivity index (χ0v) is 15.6. The van der Waals surface area contributed by atoms with Crippen molar-refractivity contribution in [2.75, 3.05) is 18.9 Å². The predicted molar refractivity (Wildman–Crippen MR) is 102 cm³/mol. The van der Waals surface area contributed by atoms with Crippen molar-refractivity contribution in [1.29, 1.82) is 0 Å². The van der Waals surface area contributed by atoms with E-state index in [0.717, 1.165) is 36.3 Å². The van der Waals surface area contributed by atoms with Crippen molar-refractivity contribution in [3.8, 4) is 0 Å². The van der Waals surface area contributed by atoms with Crippen molar-refractivity contribution in [1.82, 2.24) is 14.9 Å². The van der Waals surface area contributed by atoms with Gasteiger partial charge in [-0.1, -0.05) is 0 Å². The molecule has 0 atom stereocenters. The van der Waals surface area contributed by atoms with Gasteiger partial charge in [0.1, 0.15) is 23.3 Å². The summed E-state index contributed by atoms with van der Waals surface area (Å²) >= 11 is 1.85. The van der Waals surface area contributed by atoms with Gasteiger partial charge in [-0.25, -0.2) is 9.97 Å². The number of aryl methyl sites for hydroxylation is 2. The number of anilines is 1. The normalized spacial score (nSPS) is 23.1. The first kappa shape index (κ1) is 16.9. The molecule has 134 valence electrons. The van der Waals surface area contributed by atoms with Crippen LogP contribution in [0, 0.1) is 0 Å². The van der Waals surface area contributed by atoms with Gasteiger partial charge in [0.2, 0.25) is 0 Å². The molecule has 1 N–H and O–H groups in total. The fourth-order valence-corrected chi connectivity index (χ4v) is 5.56.